The minimum Gasteiger partial charge on any atom is -0.455 e. The van der Waals surface area contributed by atoms with E-state index in [0.29, 0.717) is 44.6 Å². The van der Waals surface area contributed by atoms with Crippen LogP contribution in [0.5, 0.6) is 0 Å². The Kier molecular flexibility index (Phi) is 4.93. The van der Waals surface area contributed by atoms with Crippen LogP contribution in [-0.2, 0) is 32.6 Å². The Morgan fingerprint density at radius 2 is 2.12 bits per heavy atom. The van der Waals surface area contributed by atoms with Crippen LogP contribution in [0.25, 0.3) is 11.3 Å². The van der Waals surface area contributed by atoms with Crippen molar-refractivity contribution in [2.24, 2.45) is 5.92 Å². The van der Waals surface area contributed by atoms with Gasteiger partial charge in [-0.3, -0.25) is 9.48 Å². The zero-order chi connectivity index (χ0) is 21.9. The maximum absolute atomic E-state index is 13.0. The maximum atomic E-state index is 13.0. The molecule has 2 unspecified atom stereocenters. The summed E-state index contributed by atoms with van der Waals surface area (Å²) in [6.07, 6.45) is 6.36. The molecule has 8 nitrogen and oxygen atoms in total. The van der Waals surface area contributed by atoms with Gasteiger partial charge in [0, 0.05) is 47.9 Å². The summed E-state index contributed by atoms with van der Waals surface area (Å²) in [5, 5.41) is 7.96. The van der Waals surface area contributed by atoms with E-state index < -0.39 is 0 Å². The van der Waals surface area contributed by atoms with Gasteiger partial charge in [0.2, 0.25) is 0 Å². The number of nitrogens with zero attached hydrogens (tertiary/aromatic N) is 2. The standard InChI is InChI=1S/C24H31N3O5/c1-14-7-16(31-12-14)9-25-23(28)22-15(2)20-19(32-22)8-24(3-4-24)18-11-27(26-21(18)20)10-17-13-29-5-6-30-17/h11,14,16-17H,3-10,12-13H2,1-2H3,(H,25,28)/t14?,16?,17-/m0/s1. The van der Waals surface area contributed by atoms with Gasteiger partial charge in [-0.2, -0.15) is 5.10 Å². The van der Waals surface area contributed by atoms with Crippen LogP contribution in [0, 0.1) is 12.8 Å². The first-order valence-corrected chi connectivity index (χ1v) is 11.8. The van der Waals surface area contributed by atoms with Crippen LogP contribution < -0.4 is 5.32 Å². The van der Waals surface area contributed by atoms with Crippen LogP contribution in [0.1, 0.15) is 53.6 Å². The summed E-state index contributed by atoms with van der Waals surface area (Å²) in [6, 6.07) is 0. The van der Waals surface area contributed by atoms with Gasteiger partial charge in [-0.05, 0) is 32.1 Å². The number of rotatable bonds is 5. The van der Waals surface area contributed by atoms with Crippen LogP contribution in [-0.4, -0.2) is 60.9 Å². The fourth-order valence-electron chi connectivity index (χ4n) is 5.48. The third-order valence-corrected chi connectivity index (χ3v) is 7.40. The third-order valence-electron chi connectivity index (χ3n) is 7.40. The maximum Gasteiger partial charge on any atom is 0.287 e. The molecule has 1 N–H and O–H groups in total. The van der Waals surface area contributed by atoms with Gasteiger partial charge in [0.1, 0.15) is 11.9 Å². The van der Waals surface area contributed by atoms with E-state index in [0.717, 1.165) is 54.9 Å². The van der Waals surface area contributed by atoms with Gasteiger partial charge in [-0.1, -0.05) is 6.92 Å². The van der Waals surface area contributed by atoms with Crippen molar-refractivity contribution in [3.8, 4) is 11.3 Å². The Balaban J connectivity index is 1.25. The molecule has 32 heavy (non-hydrogen) atoms. The first-order chi connectivity index (χ1) is 15.5. The molecule has 2 aromatic rings. The van der Waals surface area contributed by atoms with Crippen LogP contribution in [0.3, 0.4) is 0 Å². The first-order valence-electron chi connectivity index (χ1n) is 11.8. The van der Waals surface area contributed by atoms with Crippen molar-refractivity contribution in [2.75, 3.05) is 33.0 Å². The fraction of sp³-hybridized carbons (Fsp3) is 0.667. The van der Waals surface area contributed by atoms with Crippen LogP contribution in [0.2, 0.25) is 0 Å². The lowest BCUT2D eigenvalue weighted by molar-refractivity contribution is -0.0946. The van der Waals surface area contributed by atoms with E-state index in [4.69, 9.17) is 23.7 Å². The minimum atomic E-state index is -0.168. The van der Waals surface area contributed by atoms with Crippen LogP contribution in [0.4, 0.5) is 0 Å². The van der Waals surface area contributed by atoms with Gasteiger partial charge in [0.15, 0.2) is 5.76 Å². The summed E-state index contributed by atoms with van der Waals surface area (Å²) in [7, 11) is 0. The summed E-state index contributed by atoms with van der Waals surface area (Å²) in [5.74, 6) is 1.68. The number of aromatic nitrogens is 2. The average Bonchev–Trinajstić information content (AvgIpc) is 3.08. The molecule has 3 atom stereocenters. The molecular weight excluding hydrogens is 410 g/mol. The molecule has 1 amide bonds. The number of hydrogen-bond donors (Lipinski definition) is 1. The number of carbonyl (C=O) groups is 1. The minimum absolute atomic E-state index is 0.0204. The zero-order valence-electron chi connectivity index (χ0n) is 18.8. The van der Waals surface area contributed by atoms with Crippen molar-refractivity contribution in [1.82, 2.24) is 15.1 Å². The molecule has 2 aliphatic heterocycles. The Labute approximate surface area is 187 Å². The monoisotopic (exact) mass is 441 g/mol. The lowest BCUT2D eigenvalue weighted by Gasteiger charge is -2.22. The molecule has 2 aliphatic carbocycles. The highest BCUT2D eigenvalue weighted by molar-refractivity contribution is 5.95. The lowest BCUT2D eigenvalue weighted by Crippen LogP contribution is -2.32. The van der Waals surface area contributed by atoms with Crippen molar-refractivity contribution in [3.63, 3.8) is 0 Å². The molecule has 2 saturated heterocycles. The van der Waals surface area contributed by atoms with Gasteiger partial charge < -0.3 is 23.9 Å². The van der Waals surface area contributed by atoms with E-state index in [2.05, 4.69) is 18.4 Å². The van der Waals surface area contributed by atoms with Gasteiger partial charge in [0.05, 0.1) is 38.2 Å². The molecular formula is C24H31N3O5. The van der Waals surface area contributed by atoms with Crippen molar-refractivity contribution in [3.05, 3.63) is 28.8 Å². The zero-order valence-corrected chi connectivity index (χ0v) is 18.8. The van der Waals surface area contributed by atoms with Gasteiger partial charge in [0.25, 0.3) is 5.91 Å². The Hall–Kier alpha value is -2.16. The summed E-state index contributed by atoms with van der Waals surface area (Å²) >= 11 is 0. The molecule has 1 spiro atoms. The molecule has 6 rings (SSSR count). The quantitative estimate of drug-likeness (QED) is 0.768. The molecule has 0 bridgehead atoms. The predicted octanol–water partition coefficient (Wildman–Crippen LogP) is 2.61. The SMILES string of the molecule is Cc1c(C(=O)NCC2CC(C)CO2)oc2c1-c1nn(C[C@H]3COCCO3)cc1C1(CC1)C2. The number of hydrogen-bond acceptors (Lipinski definition) is 6. The molecule has 172 valence electrons. The topological polar surface area (TPSA) is 87.8 Å². The predicted molar refractivity (Wildman–Crippen MR) is 116 cm³/mol. The summed E-state index contributed by atoms with van der Waals surface area (Å²) in [6.45, 7) is 7.97. The largest absolute Gasteiger partial charge is 0.455 e. The highest BCUT2D eigenvalue weighted by atomic mass is 16.6. The second-order valence-corrected chi connectivity index (χ2v) is 10.00. The van der Waals surface area contributed by atoms with Crippen molar-refractivity contribution >= 4 is 5.91 Å². The highest BCUT2D eigenvalue weighted by Gasteiger charge is 2.52. The molecule has 4 heterocycles. The van der Waals surface area contributed by atoms with Gasteiger partial charge in [-0.15, -0.1) is 0 Å². The number of nitrogens with one attached hydrogen (secondary N) is 1. The van der Waals surface area contributed by atoms with Crippen LogP contribution >= 0.6 is 0 Å². The number of carbonyl (C=O) groups excluding carboxylic acids is 1. The van der Waals surface area contributed by atoms with E-state index in [1.54, 1.807) is 0 Å². The van der Waals surface area contributed by atoms with Crippen molar-refractivity contribution < 1.29 is 23.4 Å². The molecule has 4 aliphatic rings. The Bertz CT molecular complexity index is 1030. The van der Waals surface area contributed by atoms with Crippen molar-refractivity contribution in [2.45, 2.75) is 63.7 Å². The second kappa shape index (κ2) is 7.71. The third kappa shape index (κ3) is 3.49. The van der Waals surface area contributed by atoms with Gasteiger partial charge in [-0.25, -0.2) is 0 Å². The summed E-state index contributed by atoms with van der Waals surface area (Å²) in [4.78, 5) is 13.0. The molecule has 0 aromatic carbocycles. The molecule has 0 radical (unpaired) electrons. The van der Waals surface area contributed by atoms with Crippen molar-refractivity contribution in [1.29, 1.82) is 0 Å². The van der Waals surface area contributed by atoms with Gasteiger partial charge >= 0.3 is 0 Å². The average molecular weight is 442 g/mol. The summed E-state index contributed by atoms with van der Waals surface area (Å²) < 4.78 is 25.3. The Morgan fingerprint density at radius 1 is 1.25 bits per heavy atom. The lowest BCUT2D eigenvalue weighted by atomic mass is 9.82. The highest BCUT2D eigenvalue weighted by Crippen LogP contribution is 2.58. The molecule has 2 aromatic heterocycles. The van der Waals surface area contributed by atoms with E-state index in [-0.39, 0.29) is 23.5 Å². The summed E-state index contributed by atoms with van der Waals surface area (Å²) in [5.41, 5.74) is 4.22. The normalized spacial score (nSPS) is 27.9. The molecule has 1 saturated carbocycles. The van der Waals surface area contributed by atoms with E-state index in [1.807, 2.05) is 11.6 Å². The van der Waals surface area contributed by atoms with E-state index >= 15 is 0 Å². The molecule has 3 fully saturated rings. The van der Waals surface area contributed by atoms with Crippen LogP contribution in [0.15, 0.2) is 10.6 Å². The first kappa shape index (κ1) is 20.4. The second-order valence-electron chi connectivity index (χ2n) is 10.00. The smallest absolute Gasteiger partial charge is 0.287 e. The fourth-order valence-corrected chi connectivity index (χ4v) is 5.48. The number of furan rings is 1. The number of amides is 1. The van der Waals surface area contributed by atoms with E-state index in [9.17, 15) is 4.79 Å². The Morgan fingerprint density at radius 3 is 2.84 bits per heavy atom. The number of fused-ring (bicyclic) bond motifs is 4. The number of ether oxygens (including phenoxy) is 3. The molecule has 8 heteroatoms. The van der Waals surface area contributed by atoms with E-state index in [1.165, 1.54) is 5.56 Å².